The van der Waals surface area contributed by atoms with E-state index in [1.165, 1.54) is 11.3 Å². The van der Waals surface area contributed by atoms with E-state index in [-0.39, 0.29) is 10.3 Å². The highest BCUT2D eigenvalue weighted by Gasteiger charge is 2.30. The van der Waals surface area contributed by atoms with E-state index in [0.717, 1.165) is 55.5 Å². The molecule has 0 unspecified atom stereocenters. The number of rotatable bonds is 9. The molecule has 23 heavy (non-hydrogen) atoms. The summed E-state index contributed by atoms with van der Waals surface area (Å²) in [6.07, 6.45) is 2.00. The van der Waals surface area contributed by atoms with Gasteiger partial charge < -0.3 is 10.1 Å². The quantitative estimate of drug-likeness (QED) is 0.505. The minimum Gasteiger partial charge on any atom is -0.382 e. The first-order valence-electron chi connectivity index (χ1n) is 7.86. The number of sulfonamides is 1. The highest BCUT2D eigenvalue weighted by molar-refractivity contribution is 7.99. The van der Waals surface area contributed by atoms with Crippen LogP contribution < -0.4 is 10.5 Å². The summed E-state index contributed by atoms with van der Waals surface area (Å²) in [5.74, 6) is 0. The Morgan fingerprint density at radius 1 is 1.48 bits per heavy atom. The molecule has 9 heteroatoms. The van der Waals surface area contributed by atoms with Gasteiger partial charge in [-0.2, -0.15) is 0 Å². The van der Waals surface area contributed by atoms with Gasteiger partial charge in [0, 0.05) is 32.3 Å². The maximum atomic E-state index is 11.6. The Morgan fingerprint density at radius 3 is 2.91 bits per heavy atom. The lowest BCUT2D eigenvalue weighted by atomic mass is 10.1. The monoisotopic (exact) mass is 379 g/mol. The number of nitrogens with zero attached hydrogens (tertiary/aromatic N) is 1. The SMILES string of the molecule is CCCN[C@H]1CN(CCCOCC)Sc2sc(S(N)(=O)=O)cc21. The van der Waals surface area contributed by atoms with E-state index in [1.54, 1.807) is 18.0 Å². The molecular formula is C14H25N3O3S3. The minimum atomic E-state index is -3.64. The summed E-state index contributed by atoms with van der Waals surface area (Å²) in [4.78, 5) is 0. The van der Waals surface area contributed by atoms with Crippen LogP contribution in [0.4, 0.5) is 0 Å². The highest BCUT2D eigenvalue weighted by atomic mass is 32.3. The number of fused-ring (bicyclic) bond motifs is 1. The summed E-state index contributed by atoms with van der Waals surface area (Å²) in [6.45, 7) is 8.27. The smallest absolute Gasteiger partial charge is 0.247 e. The normalized spacial score (nSPS) is 19.0. The van der Waals surface area contributed by atoms with Crippen molar-refractivity contribution in [1.82, 2.24) is 9.62 Å². The van der Waals surface area contributed by atoms with Gasteiger partial charge in [-0.15, -0.1) is 11.3 Å². The average Bonchev–Trinajstić information content (AvgIpc) is 2.93. The van der Waals surface area contributed by atoms with E-state index in [0.29, 0.717) is 0 Å². The van der Waals surface area contributed by atoms with Crippen molar-refractivity contribution in [3.05, 3.63) is 11.6 Å². The number of primary sulfonamides is 1. The van der Waals surface area contributed by atoms with Crippen molar-refractivity contribution in [2.75, 3.05) is 32.8 Å². The number of thiophene rings is 1. The molecule has 0 saturated heterocycles. The van der Waals surface area contributed by atoms with Crippen LogP contribution in [-0.4, -0.2) is 45.6 Å². The summed E-state index contributed by atoms with van der Waals surface area (Å²) in [5.41, 5.74) is 1.05. The second kappa shape index (κ2) is 8.80. The van der Waals surface area contributed by atoms with E-state index < -0.39 is 10.0 Å². The molecule has 0 aliphatic carbocycles. The van der Waals surface area contributed by atoms with Crippen molar-refractivity contribution < 1.29 is 13.2 Å². The van der Waals surface area contributed by atoms with Crippen LogP contribution in [0.3, 0.4) is 0 Å². The van der Waals surface area contributed by atoms with Crippen molar-refractivity contribution in [2.24, 2.45) is 5.14 Å². The zero-order valence-electron chi connectivity index (χ0n) is 13.6. The molecule has 132 valence electrons. The summed E-state index contributed by atoms with van der Waals surface area (Å²) < 4.78 is 32.2. The van der Waals surface area contributed by atoms with Crippen LogP contribution in [0.2, 0.25) is 0 Å². The zero-order valence-corrected chi connectivity index (χ0v) is 16.0. The van der Waals surface area contributed by atoms with Crippen molar-refractivity contribution in [3.8, 4) is 0 Å². The number of ether oxygens (including phenoxy) is 1. The van der Waals surface area contributed by atoms with Crippen LogP contribution in [-0.2, 0) is 14.8 Å². The lowest BCUT2D eigenvalue weighted by Crippen LogP contribution is -2.35. The molecule has 1 aromatic heterocycles. The first-order valence-corrected chi connectivity index (χ1v) is 11.0. The predicted octanol–water partition coefficient (Wildman–Crippen LogP) is 2.19. The predicted molar refractivity (Wildman–Crippen MR) is 95.3 cm³/mol. The molecule has 1 atom stereocenters. The Bertz CT molecular complexity index is 604. The van der Waals surface area contributed by atoms with Crippen molar-refractivity contribution in [1.29, 1.82) is 0 Å². The first-order chi connectivity index (χ1) is 11.0. The van der Waals surface area contributed by atoms with Crippen LogP contribution in [0.1, 0.15) is 38.3 Å². The Hall–Kier alpha value is -0.160. The highest BCUT2D eigenvalue weighted by Crippen LogP contribution is 2.43. The lowest BCUT2D eigenvalue weighted by Gasteiger charge is -2.32. The maximum absolute atomic E-state index is 11.6. The molecule has 6 nitrogen and oxygen atoms in total. The fourth-order valence-electron chi connectivity index (χ4n) is 2.39. The molecule has 1 aliphatic heterocycles. The third-order valence-electron chi connectivity index (χ3n) is 3.50. The van der Waals surface area contributed by atoms with Crippen LogP contribution in [0.15, 0.2) is 14.5 Å². The van der Waals surface area contributed by atoms with Crippen LogP contribution >= 0.6 is 23.3 Å². The van der Waals surface area contributed by atoms with Crippen molar-refractivity contribution in [3.63, 3.8) is 0 Å². The van der Waals surface area contributed by atoms with Crippen LogP contribution in [0.25, 0.3) is 0 Å². The summed E-state index contributed by atoms with van der Waals surface area (Å²) in [7, 11) is -3.64. The Balaban J connectivity index is 2.11. The fraction of sp³-hybridized carbons (Fsp3) is 0.714. The number of hydrogen-bond acceptors (Lipinski definition) is 7. The van der Waals surface area contributed by atoms with Gasteiger partial charge in [0.25, 0.3) is 0 Å². The molecule has 0 amide bonds. The van der Waals surface area contributed by atoms with Gasteiger partial charge in [-0.1, -0.05) is 6.92 Å². The van der Waals surface area contributed by atoms with Gasteiger partial charge in [-0.05, 0) is 49.9 Å². The summed E-state index contributed by atoms with van der Waals surface area (Å²) in [6, 6.07) is 1.87. The van der Waals surface area contributed by atoms with Gasteiger partial charge in [0.1, 0.15) is 4.21 Å². The molecule has 0 fully saturated rings. The van der Waals surface area contributed by atoms with Gasteiger partial charge in [0.05, 0.1) is 4.21 Å². The van der Waals surface area contributed by atoms with Gasteiger partial charge in [0.2, 0.25) is 10.0 Å². The lowest BCUT2D eigenvalue weighted by molar-refractivity contribution is 0.140. The number of hydrogen-bond donors (Lipinski definition) is 2. The zero-order chi connectivity index (χ0) is 16.9. The molecule has 1 aromatic rings. The molecule has 0 bridgehead atoms. The third-order valence-corrected chi connectivity index (χ3v) is 7.33. The average molecular weight is 380 g/mol. The standard InChI is InChI=1S/C14H25N3O3S3/c1-3-6-16-12-10-17(7-5-8-20-4-2)22-14-11(12)9-13(21-14)23(15,18)19/h9,12,16H,3-8,10H2,1-2H3,(H2,15,18,19)/t12-/m0/s1. The molecule has 2 rings (SSSR count). The molecule has 3 N–H and O–H groups in total. The Morgan fingerprint density at radius 2 is 2.26 bits per heavy atom. The number of nitrogens with two attached hydrogens (primary N) is 1. The van der Waals surface area contributed by atoms with E-state index in [9.17, 15) is 8.42 Å². The molecule has 1 aliphatic rings. The third kappa shape index (κ3) is 5.42. The van der Waals surface area contributed by atoms with E-state index in [1.807, 2.05) is 6.92 Å². The molecule has 0 radical (unpaired) electrons. The molecule has 2 heterocycles. The fourth-order valence-corrected chi connectivity index (χ4v) is 5.97. The topological polar surface area (TPSA) is 84.7 Å². The van der Waals surface area contributed by atoms with Crippen molar-refractivity contribution in [2.45, 2.75) is 41.1 Å². The van der Waals surface area contributed by atoms with Crippen LogP contribution in [0, 0.1) is 0 Å². The van der Waals surface area contributed by atoms with E-state index in [2.05, 4.69) is 16.5 Å². The molecule has 0 aromatic carbocycles. The number of nitrogens with one attached hydrogen (secondary N) is 1. The minimum absolute atomic E-state index is 0.144. The molecule has 0 spiro atoms. The summed E-state index contributed by atoms with van der Waals surface area (Å²) in [5, 5.41) is 8.79. The second-order valence-corrected chi connectivity index (χ2v) is 9.60. The van der Waals surface area contributed by atoms with Crippen LogP contribution in [0.5, 0.6) is 0 Å². The second-order valence-electron chi connectivity index (χ2n) is 5.39. The molecular weight excluding hydrogens is 354 g/mol. The van der Waals surface area contributed by atoms with E-state index >= 15 is 0 Å². The van der Waals surface area contributed by atoms with Crippen molar-refractivity contribution >= 4 is 33.3 Å². The van der Waals surface area contributed by atoms with Gasteiger partial charge in [0.15, 0.2) is 0 Å². The van der Waals surface area contributed by atoms with Gasteiger partial charge in [-0.25, -0.2) is 17.9 Å². The van der Waals surface area contributed by atoms with E-state index in [4.69, 9.17) is 9.88 Å². The Kier molecular flexibility index (Phi) is 7.33. The first kappa shape index (κ1) is 19.2. The van der Waals surface area contributed by atoms with Gasteiger partial charge in [-0.3, -0.25) is 0 Å². The summed E-state index contributed by atoms with van der Waals surface area (Å²) >= 11 is 2.89. The maximum Gasteiger partial charge on any atom is 0.247 e. The molecule has 0 saturated carbocycles. The van der Waals surface area contributed by atoms with Gasteiger partial charge >= 0.3 is 0 Å². The Labute approximate surface area is 146 Å². The largest absolute Gasteiger partial charge is 0.382 e.